The molecule has 0 radical (unpaired) electrons. The minimum Gasteiger partial charge on any atom is -0.455 e. The van der Waals surface area contributed by atoms with Crippen molar-refractivity contribution in [3.63, 3.8) is 0 Å². The fourth-order valence-corrected chi connectivity index (χ4v) is 8.17. The normalized spacial score (nSPS) is 34.1. The molecule has 1 spiro atoms. The summed E-state index contributed by atoms with van der Waals surface area (Å²) in [6.45, 7) is 11.4. The van der Waals surface area contributed by atoms with Crippen molar-refractivity contribution in [2.45, 2.75) is 102 Å². The van der Waals surface area contributed by atoms with Crippen molar-refractivity contribution < 1.29 is 33.8 Å². The van der Waals surface area contributed by atoms with Gasteiger partial charge in [0.15, 0.2) is 0 Å². The Morgan fingerprint density at radius 1 is 1.09 bits per heavy atom. The van der Waals surface area contributed by atoms with E-state index in [9.17, 15) is 24.3 Å². The molecule has 0 aliphatic carbocycles. The van der Waals surface area contributed by atoms with Gasteiger partial charge in [-0.25, -0.2) is 0 Å². The highest BCUT2D eigenvalue weighted by Gasteiger charge is 2.76. The van der Waals surface area contributed by atoms with Crippen molar-refractivity contribution in [1.29, 1.82) is 0 Å². The lowest BCUT2D eigenvalue weighted by Gasteiger charge is -2.43. The lowest BCUT2D eigenvalue weighted by molar-refractivity contribution is -0.162. The molecule has 0 aromatic heterocycles. The molecule has 3 amide bonds. The maximum absolute atomic E-state index is 14.9. The highest BCUT2D eigenvalue weighted by molar-refractivity contribution is 9.11. The molecule has 4 aliphatic heterocycles. The molecule has 4 aliphatic rings. The van der Waals surface area contributed by atoms with Gasteiger partial charge in [0.25, 0.3) is 0 Å². The van der Waals surface area contributed by atoms with Crippen LogP contribution in [0.5, 0.6) is 0 Å². The van der Waals surface area contributed by atoms with Gasteiger partial charge >= 0.3 is 5.97 Å². The molecule has 11 heteroatoms. The third kappa shape index (κ3) is 5.94. The topological polar surface area (TPSA) is 125 Å². The van der Waals surface area contributed by atoms with E-state index in [4.69, 9.17) is 9.47 Å². The van der Waals surface area contributed by atoms with Crippen molar-refractivity contribution in [3.8, 4) is 0 Å². The van der Waals surface area contributed by atoms with Gasteiger partial charge in [0.05, 0.1) is 24.6 Å². The van der Waals surface area contributed by atoms with Gasteiger partial charge in [-0.3, -0.25) is 19.2 Å². The molecule has 250 valence electrons. The van der Waals surface area contributed by atoms with E-state index >= 15 is 0 Å². The molecular formula is C35H46BrN3O7. The largest absolute Gasteiger partial charge is 0.455 e. The van der Waals surface area contributed by atoms with Crippen molar-refractivity contribution in [3.05, 3.63) is 58.6 Å². The third-order valence-corrected chi connectivity index (χ3v) is 10.7. The predicted octanol–water partition coefficient (Wildman–Crippen LogP) is 4.03. The number of cyclic esters (lactones) is 1. The monoisotopic (exact) mass is 699 g/mol. The number of halogens is 1. The number of hydrogen-bond acceptors (Lipinski definition) is 7. The van der Waals surface area contributed by atoms with E-state index in [2.05, 4.69) is 21.2 Å². The zero-order valence-electron chi connectivity index (χ0n) is 27.4. The van der Waals surface area contributed by atoms with E-state index < -0.39 is 65.2 Å². The van der Waals surface area contributed by atoms with E-state index in [1.807, 2.05) is 77.1 Å². The number of nitrogens with zero attached hydrogens (tertiary/aromatic N) is 2. The summed E-state index contributed by atoms with van der Waals surface area (Å²) in [5.74, 6) is -3.84. The number of benzene rings is 1. The van der Waals surface area contributed by atoms with Crippen LogP contribution in [0.2, 0.25) is 0 Å². The van der Waals surface area contributed by atoms with Crippen LogP contribution in [0.25, 0.3) is 0 Å². The number of carbonyl (C=O) groups is 4. The number of esters is 1. The first-order valence-electron chi connectivity index (χ1n) is 16.3. The van der Waals surface area contributed by atoms with Gasteiger partial charge in [0.1, 0.15) is 29.8 Å². The molecule has 1 aromatic rings. The first kappa shape index (κ1) is 34.3. The minimum absolute atomic E-state index is 0.137. The fraction of sp³-hybridized carbons (Fsp3) is 0.600. The Kier molecular flexibility index (Phi) is 9.88. The number of nitrogens with one attached hydrogen (secondary N) is 1. The Labute approximate surface area is 279 Å². The van der Waals surface area contributed by atoms with Crippen LogP contribution in [0.3, 0.4) is 0 Å². The average Bonchev–Trinajstić information content (AvgIpc) is 3.60. The molecule has 2 saturated heterocycles. The Morgan fingerprint density at radius 2 is 1.78 bits per heavy atom. The zero-order valence-corrected chi connectivity index (χ0v) is 29.0. The van der Waals surface area contributed by atoms with Gasteiger partial charge in [-0.15, -0.1) is 0 Å². The number of rotatable bonds is 5. The summed E-state index contributed by atoms with van der Waals surface area (Å²) in [4.78, 5) is 60.1. The Balaban J connectivity index is 1.67. The molecule has 2 N–H and O–H groups in total. The van der Waals surface area contributed by atoms with Crippen molar-refractivity contribution in [2.75, 3.05) is 13.2 Å². The van der Waals surface area contributed by atoms with E-state index in [1.54, 1.807) is 17.9 Å². The molecule has 5 bridgehead atoms. The second kappa shape index (κ2) is 13.2. The SMILES string of the molecule is CC[C@H](C)[C@H](CO)N1C(=O)[C@@H]2[C@H]3C(=O)O[C@@H](c4ccccc4)[C@H](C)NC(=O)CC/C=C\CN(C(C)(C)C)C(=O)[C@@H]1[C@]21C=C(Br)[C@H]3O1. The number of ether oxygens (including phenoxy) is 2. The lowest BCUT2D eigenvalue weighted by Crippen LogP contribution is -2.62. The quantitative estimate of drug-likeness (QED) is 0.351. The van der Waals surface area contributed by atoms with Crippen LogP contribution in [0.4, 0.5) is 0 Å². The number of carbonyl (C=O) groups excluding carboxylic acids is 4. The van der Waals surface area contributed by atoms with Gasteiger partial charge < -0.3 is 29.7 Å². The van der Waals surface area contributed by atoms with Crippen LogP contribution in [-0.2, 0) is 28.7 Å². The van der Waals surface area contributed by atoms with Crippen molar-refractivity contribution >= 4 is 39.6 Å². The van der Waals surface area contributed by atoms with E-state index in [0.717, 1.165) is 0 Å². The Hall–Kier alpha value is -3.02. The van der Waals surface area contributed by atoms with Crippen LogP contribution in [0.15, 0.2) is 53.0 Å². The van der Waals surface area contributed by atoms with Crippen LogP contribution < -0.4 is 5.32 Å². The molecule has 0 unspecified atom stereocenters. The highest BCUT2D eigenvalue weighted by Crippen LogP contribution is 2.59. The first-order chi connectivity index (χ1) is 21.8. The summed E-state index contributed by atoms with van der Waals surface area (Å²) in [7, 11) is 0. The number of hydrogen-bond donors (Lipinski definition) is 2. The molecule has 4 heterocycles. The number of fused-ring (bicyclic) bond motifs is 2. The average molecular weight is 701 g/mol. The second-order valence-corrected chi connectivity index (χ2v) is 14.9. The summed E-state index contributed by atoms with van der Waals surface area (Å²) in [6, 6.07) is 6.81. The molecule has 46 heavy (non-hydrogen) atoms. The van der Waals surface area contributed by atoms with Gasteiger partial charge in [0, 0.05) is 23.0 Å². The Morgan fingerprint density at radius 3 is 2.41 bits per heavy atom. The molecule has 2 fully saturated rings. The number of aliphatic hydroxyl groups is 1. The second-order valence-electron chi connectivity index (χ2n) is 14.0. The molecule has 5 rings (SSSR count). The molecule has 9 atom stereocenters. The van der Waals surface area contributed by atoms with Crippen LogP contribution in [0, 0.1) is 17.8 Å². The number of amides is 3. The maximum atomic E-state index is 14.9. The van der Waals surface area contributed by atoms with E-state index in [0.29, 0.717) is 22.9 Å². The predicted molar refractivity (Wildman–Crippen MR) is 175 cm³/mol. The summed E-state index contributed by atoms with van der Waals surface area (Å²) < 4.78 is 13.4. The zero-order chi connectivity index (χ0) is 33.6. The lowest BCUT2D eigenvalue weighted by atomic mass is 9.74. The molecule has 10 nitrogen and oxygen atoms in total. The van der Waals surface area contributed by atoms with Crippen molar-refractivity contribution in [2.24, 2.45) is 17.8 Å². The standard InChI is InChI=1S/C35H46BrN3O7/c1-7-20(2)24(19-40)39-30-32(43)38(34(4,5)6)17-13-9-12-16-25(41)37-21(3)28(22-14-10-8-11-15-22)45-33(44)26-27(31(39)42)35(30)18-23(36)29(26)46-35/h8-11,13-15,18,20-21,24,26-30,40H,7,12,16-17,19H2,1-6H3,(H,37,41)/b13-9-/t20-,21-,24-,26+,27-,28+,29+,30+,35-/m0/s1. The smallest absolute Gasteiger partial charge is 0.313 e. The van der Waals surface area contributed by atoms with Crippen LogP contribution in [-0.4, -0.2) is 87.1 Å². The number of aliphatic hydroxyl groups excluding tert-OH is 1. The van der Waals surface area contributed by atoms with Gasteiger partial charge in [0.2, 0.25) is 17.7 Å². The minimum atomic E-state index is -1.45. The third-order valence-electron chi connectivity index (χ3n) is 10.00. The van der Waals surface area contributed by atoms with E-state index in [-0.39, 0.29) is 37.3 Å². The number of likely N-dealkylation sites (tertiary alicyclic amines) is 1. The van der Waals surface area contributed by atoms with Crippen LogP contribution >= 0.6 is 15.9 Å². The first-order valence-corrected chi connectivity index (χ1v) is 17.1. The Bertz CT molecular complexity index is 1410. The van der Waals surface area contributed by atoms with E-state index in [1.165, 1.54) is 4.90 Å². The van der Waals surface area contributed by atoms with Crippen LogP contribution in [0.1, 0.15) is 72.5 Å². The fourth-order valence-electron chi connectivity index (χ4n) is 7.44. The van der Waals surface area contributed by atoms with Crippen molar-refractivity contribution in [1.82, 2.24) is 15.1 Å². The number of allylic oxidation sites excluding steroid dienone is 1. The maximum Gasteiger partial charge on any atom is 0.313 e. The summed E-state index contributed by atoms with van der Waals surface area (Å²) in [5.41, 5.74) is -1.41. The van der Waals surface area contributed by atoms with Gasteiger partial charge in [-0.1, -0.05) is 78.7 Å². The summed E-state index contributed by atoms with van der Waals surface area (Å²) in [5, 5.41) is 13.7. The molecule has 0 saturated carbocycles. The molecular weight excluding hydrogens is 654 g/mol. The van der Waals surface area contributed by atoms with Gasteiger partial charge in [-0.05, 0) is 51.7 Å². The molecule has 1 aromatic carbocycles. The summed E-state index contributed by atoms with van der Waals surface area (Å²) in [6.07, 6.45) is 5.18. The van der Waals surface area contributed by atoms with Gasteiger partial charge in [-0.2, -0.15) is 0 Å². The summed E-state index contributed by atoms with van der Waals surface area (Å²) >= 11 is 3.60. The highest BCUT2D eigenvalue weighted by atomic mass is 79.9.